The van der Waals surface area contributed by atoms with Gasteiger partial charge in [-0.15, -0.1) is 0 Å². The molecule has 0 saturated carbocycles. The zero-order chi connectivity index (χ0) is 16.4. The van der Waals surface area contributed by atoms with Crippen molar-refractivity contribution in [3.63, 3.8) is 0 Å². The largest absolute Gasteiger partial charge is 0.493 e. The Hall–Kier alpha value is -2.24. The van der Waals surface area contributed by atoms with Gasteiger partial charge in [0.25, 0.3) is 0 Å². The molecule has 0 unspecified atom stereocenters. The molecule has 0 spiro atoms. The summed E-state index contributed by atoms with van der Waals surface area (Å²) in [7, 11) is 1.62. The lowest BCUT2D eigenvalue weighted by Gasteiger charge is -2.23. The summed E-state index contributed by atoms with van der Waals surface area (Å²) in [4.78, 5) is 0. The number of rotatable bonds is 6. The van der Waals surface area contributed by atoms with Crippen molar-refractivity contribution in [2.45, 2.75) is 25.5 Å². The fraction of sp³-hybridized carbons (Fsp3) is 0.333. The highest BCUT2D eigenvalue weighted by Crippen LogP contribution is 2.31. The number of aliphatic hydroxyl groups is 1. The molecule has 5 heteroatoms. The summed E-state index contributed by atoms with van der Waals surface area (Å²) in [6, 6.07) is 11.2. The quantitative estimate of drug-likeness (QED) is 0.727. The maximum absolute atomic E-state index is 10.5. The molecule has 0 saturated heterocycles. The summed E-state index contributed by atoms with van der Waals surface area (Å²) in [5.41, 5.74) is -0.349. The van der Waals surface area contributed by atoms with Crippen molar-refractivity contribution >= 4 is 11.0 Å². The fourth-order valence-electron chi connectivity index (χ4n) is 2.55. The first-order valence-electron chi connectivity index (χ1n) is 7.57. The van der Waals surface area contributed by atoms with E-state index < -0.39 is 5.60 Å². The summed E-state index contributed by atoms with van der Waals surface area (Å²) in [5.74, 6) is 2.03. The molecule has 23 heavy (non-hydrogen) atoms. The number of para-hydroxylation sites is 1. The molecule has 0 amide bonds. The number of nitrogens with one attached hydrogen (secondary N) is 1. The third-order valence-corrected chi connectivity index (χ3v) is 3.98. The van der Waals surface area contributed by atoms with E-state index in [0.29, 0.717) is 18.1 Å². The Morgan fingerprint density at radius 3 is 2.83 bits per heavy atom. The van der Waals surface area contributed by atoms with Crippen LogP contribution in [0.25, 0.3) is 11.0 Å². The predicted octanol–water partition coefficient (Wildman–Crippen LogP) is 3.59. The Balaban J connectivity index is 1.75. The van der Waals surface area contributed by atoms with Gasteiger partial charge in [-0.25, -0.2) is 0 Å². The van der Waals surface area contributed by atoms with Crippen LogP contribution in [-0.2, 0) is 5.60 Å². The van der Waals surface area contributed by atoms with Crippen molar-refractivity contribution in [2.75, 3.05) is 13.7 Å². The van der Waals surface area contributed by atoms with Gasteiger partial charge in [-0.1, -0.05) is 12.1 Å². The molecule has 2 heterocycles. The molecule has 0 aliphatic carbocycles. The molecule has 5 nitrogen and oxygen atoms in total. The first-order chi connectivity index (χ1) is 11.0. The van der Waals surface area contributed by atoms with E-state index in [9.17, 15) is 5.11 Å². The lowest BCUT2D eigenvalue weighted by atomic mass is 10.0. The van der Waals surface area contributed by atoms with Crippen LogP contribution in [0.3, 0.4) is 0 Å². The molecule has 3 aromatic rings. The van der Waals surface area contributed by atoms with Gasteiger partial charge in [0.15, 0.2) is 11.3 Å². The highest BCUT2D eigenvalue weighted by Gasteiger charge is 2.27. The Bertz CT molecular complexity index is 774. The Kier molecular flexibility index (Phi) is 4.15. The second-order valence-corrected chi connectivity index (χ2v) is 5.88. The molecule has 0 bridgehead atoms. The Morgan fingerprint density at radius 1 is 1.30 bits per heavy atom. The predicted molar refractivity (Wildman–Crippen MR) is 87.5 cm³/mol. The van der Waals surface area contributed by atoms with Crippen LogP contribution < -0.4 is 10.1 Å². The van der Waals surface area contributed by atoms with E-state index in [1.807, 2.05) is 31.2 Å². The Labute approximate surface area is 134 Å². The lowest BCUT2D eigenvalue weighted by molar-refractivity contribution is 0.0315. The number of ether oxygens (including phenoxy) is 1. The Morgan fingerprint density at radius 2 is 2.13 bits per heavy atom. The van der Waals surface area contributed by atoms with Crippen molar-refractivity contribution in [3.8, 4) is 5.75 Å². The van der Waals surface area contributed by atoms with Gasteiger partial charge in [0.05, 0.1) is 19.4 Å². The summed E-state index contributed by atoms with van der Waals surface area (Å²) < 4.78 is 16.5. The zero-order valence-electron chi connectivity index (χ0n) is 13.5. The monoisotopic (exact) mass is 315 g/mol. The van der Waals surface area contributed by atoms with Crippen molar-refractivity contribution in [2.24, 2.45) is 0 Å². The molecule has 0 aliphatic heterocycles. The number of hydrogen-bond acceptors (Lipinski definition) is 5. The van der Waals surface area contributed by atoms with E-state index in [1.54, 1.807) is 32.4 Å². The minimum Gasteiger partial charge on any atom is -0.493 e. The van der Waals surface area contributed by atoms with Crippen LogP contribution in [0.1, 0.15) is 31.4 Å². The first-order valence-corrected chi connectivity index (χ1v) is 7.57. The molecular weight excluding hydrogens is 294 g/mol. The summed E-state index contributed by atoms with van der Waals surface area (Å²) in [6.45, 7) is 4.05. The third kappa shape index (κ3) is 3.11. The van der Waals surface area contributed by atoms with Gasteiger partial charge in [0.1, 0.15) is 17.1 Å². The second-order valence-electron chi connectivity index (χ2n) is 5.88. The highest BCUT2D eigenvalue weighted by atomic mass is 16.5. The van der Waals surface area contributed by atoms with Gasteiger partial charge in [-0.3, -0.25) is 0 Å². The molecule has 0 aliphatic rings. The van der Waals surface area contributed by atoms with Crippen molar-refractivity contribution in [3.05, 3.63) is 54.2 Å². The van der Waals surface area contributed by atoms with E-state index in [0.717, 1.165) is 16.7 Å². The molecule has 3 rings (SSSR count). The van der Waals surface area contributed by atoms with Crippen LogP contribution in [0.15, 0.2) is 51.5 Å². The number of hydrogen-bond donors (Lipinski definition) is 2. The normalized spacial score (nSPS) is 15.5. The lowest BCUT2D eigenvalue weighted by Crippen LogP contribution is -2.36. The smallest absolute Gasteiger partial charge is 0.176 e. The fourth-order valence-corrected chi connectivity index (χ4v) is 2.55. The van der Waals surface area contributed by atoms with Crippen LogP contribution in [-0.4, -0.2) is 18.8 Å². The summed E-state index contributed by atoms with van der Waals surface area (Å²) in [6.07, 6.45) is 1.55. The SMILES string of the molecule is COc1cccc2cc([C@H](C)NC[C@](C)(O)c3ccco3)oc12. The first kappa shape index (κ1) is 15.6. The van der Waals surface area contributed by atoms with Gasteiger partial charge in [0.2, 0.25) is 0 Å². The average Bonchev–Trinajstić information content (AvgIpc) is 3.21. The van der Waals surface area contributed by atoms with Crippen LogP contribution in [0.2, 0.25) is 0 Å². The second kappa shape index (κ2) is 6.10. The van der Waals surface area contributed by atoms with Gasteiger partial charge in [0, 0.05) is 11.9 Å². The van der Waals surface area contributed by atoms with Crippen molar-refractivity contribution in [1.29, 1.82) is 0 Å². The van der Waals surface area contributed by atoms with E-state index in [2.05, 4.69) is 5.32 Å². The van der Waals surface area contributed by atoms with Gasteiger partial charge in [-0.2, -0.15) is 0 Å². The third-order valence-electron chi connectivity index (χ3n) is 3.98. The number of benzene rings is 1. The maximum Gasteiger partial charge on any atom is 0.176 e. The van der Waals surface area contributed by atoms with Gasteiger partial charge in [-0.05, 0) is 38.1 Å². The average molecular weight is 315 g/mol. The number of methoxy groups -OCH3 is 1. The van der Waals surface area contributed by atoms with Crippen molar-refractivity contribution < 1.29 is 18.7 Å². The van der Waals surface area contributed by atoms with E-state index >= 15 is 0 Å². The maximum atomic E-state index is 10.5. The topological polar surface area (TPSA) is 67.8 Å². The molecule has 2 N–H and O–H groups in total. The zero-order valence-corrected chi connectivity index (χ0v) is 13.5. The highest BCUT2D eigenvalue weighted by molar-refractivity contribution is 5.83. The number of furan rings is 2. The molecule has 122 valence electrons. The number of fused-ring (bicyclic) bond motifs is 1. The molecular formula is C18H21NO4. The van der Waals surface area contributed by atoms with Crippen molar-refractivity contribution in [1.82, 2.24) is 5.32 Å². The van der Waals surface area contributed by atoms with Gasteiger partial charge < -0.3 is 24.0 Å². The van der Waals surface area contributed by atoms with Crippen LogP contribution in [0.5, 0.6) is 5.75 Å². The van der Waals surface area contributed by atoms with Gasteiger partial charge >= 0.3 is 0 Å². The van der Waals surface area contributed by atoms with E-state index in [-0.39, 0.29) is 6.04 Å². The van der Waals surface area contributed by atoms with Crippen LogP contribution >= 0.6 is 0 Å². The van der Waals surface area contributed by atoms with Crippen LogP contribution in [0.4, 0.5) is 0 Å². The molecule has 2 aromatic heterocycles. The van der Waals surface area contributed by atoms with Crippen LogP contribution in [0, 0.1) is 0 Å². The molecule has 1 aromatic carbocycles. The van der Waals surface area contributed by atoms with E-state index in [4.69, 9.17) is 13.6 Å². The summed E-state index contributed by atoms with van der Waals surface area (Å²) in [5, 5.41) is 14.8. The standard InChI is InChI=1S/C18H21NO4/c1-12(19-11-18(2,20)16-8-5-9-22-16)15-10-13-6-4-7-14(21-3)17(13)23-15/h4-10,12,19-20H,11H2,1-3H3/t12-,18-/m0/s1. The molecule has 0 radical (unpaired) electrons. The minimum atomic E-state index is -1.08. The summed E-state index contributed by atoms with van der Waals surface area (Å²) >= 11 is 0. The minimum absolute atomic E-state index is 0.0615. The molecule has 2 atom stereocenters. The molecule has 0 fully saturated rings. The van der Waals surface area contributed by atoms with E-state index in [1.165, 1.54) is 0 Å².